The summed E-state index contributed by atoms with van der Waals surface area (Å²) in [5, 5.41) is 3.09. The molecule has 3 aromatic rings. The second-order valence-corrected chi connectivity index (χ2v) is 10.0. The van der Waals surface area contributed by atoms with Crippen molar-refractivity contribution in [2.24, 2.45) is 10.8 Å². The van der Waals surface area contributed by atoms with Gasteiger partial charge in [-0.05, 0) is 42.9 Å². The average molecular weight is 402 g/mol. The molecule has 5 nitrogen and oxygen atoms in total. The predicted molar refractivity (Wildman–Crippen MR) is 114 cm³/mol. The normalized spacial score (nSPS) is 30.8. The number of ketones is 1. The van der Waals surface area contributed by atoms with Gasteiger partial charge in [-0.15, -0.1) is 0 Å². The maximum absolute atomic E-state index is 12.8. The molecule has 1 aromatic heterocycles. The van der Waals surface area contributed by atoms with E-state index in [-0.39, 0.29) is 22.5 Å². The van der Waals surface area contributed by atoms with Crippen LogP contribution in [0.5, 0.6) is 0 Å². The van der Waals surface area contributed by atoms with Gasteiger partial charge < -0.3 is 9.73 Å². The van der Waals surface area contributed by atoms with E-state index in [9.17, 15) is 9.59 Å². The van der Waals surface area contributed by atoms with Crippen molar-refractivity contribution in [3.05, 3.63) is 65.5 Å². The lowest BCUT2D eigenvalue weighted by molar-refractivity contribution is -0.143. The Morgan fingerprint density at radius 3 is 2.47 bits per heavy atom. The minimum atomic E-state index is -0.422. The Kier molecular flexibility index (Phi) is 3.98. The summed E-state index contributed by atoms with van der Waals surface area (Å²) in [5.74, 6) is 0.753. The van der Waals surface area contributed by atoms with Crippen LogP contribution in [-0.4, -0.2) is 23.2 Å². The highest BCUT2D eigenvalue weighted by molar-refractivity contribution is 6.10. The lowest BCUT2D eigenvalue weighted by Crippen LogP contribution is -2.59. The Morgan fingerprint density at radius 2 is 1.70 bits per heavy atom. The van der Waals surface area contributed by atoms with Gasteiger partial charge in [-0.3, -0.25) is 9.59 Å². The summed E-state index contributed by atoms with van der Waals surface area (Å²) in [6, 6.07) is 14.7. The summed E-state index contributed by atoms with van der Waals surface area (Å²) >= 11 is 0. The first-order valence-corrected chi connectivity index (χ1v) is 10.5. The smallest absolute Gasteiger partial charge is 0.226 e. The van der Waals surface area contributed by atoms with Gasteiger partial charge in [0.25, 0.3) is 0 Å². The Balaban J connectivity index is 1.52. The number of rotatable bonds is 3. The van der Waals surface area contributed by atoms with Crippen molar-refractivity contribution in [1.82, 2.24) is 10.3 Å². The third kappa shape index (κ3) is 2.95. The van der Waals surface area contributed by atoms with Gasteiger partial charge in [-0.2, -0.15) is 0 Å². The van der Waals surface area contributed by atoms with Crippen LogP contribution in [0.1, 0.15) is 61.8 Å². The van der Waals surface area contributed by atoms with Crippen molar-refractivity contribution in [1.29, 1.82) is 0 Å². The van der Waals surface area contributed by atoms with E-state index in [4.69, 9.17) is 9.40 Å². The van der Waals surface area contributed by atoms with E-state index in [0.29, 0.717) is 41.1 Å². The zero-order chi connectivity index (χ0) is 21.1. The van der Waals surface area contributed by atoms with E-state index in [1.807, 2.05) is 36.4 Å². The van der Waals surface area contributed by atoms with Crippen molar-refractivity contribution >= 4 is 22.8 Å². The van der Waals surface area contributed by atoms with Gasteiger partial charge in [0.15, 0.2) is 11.4 Å². The molecule has 5 heteroatoms. The van der Waals surface area contributed by atoms with Crippen LogP contribution in [0.3, 0.4) is 0 Å². The van der Waals surface area contributed by atoms with Crippen LogP contribution in [0, 0.1) is 10.8 Å². The Labute approximate surface area is 175 Å². The molecule has 2 aliphatic rings. The first-order chi connectivity index (χ1) is 14.2. The van der Waals surface area contributed by atoms with Gasteiger partial charge in [-0.1, -0.05) is 51.1 Å². The molecule has 2 bridgehead atoms. The highest BCUT2D eigenvalue weighted by atomic mass is 16.3. The SMILES string of the molecule is C[C@]12CNC(=O)[C@@](C)(C1)C[C@](C)(c1nc3cc(C(=O)c4ccccc4)ccc3o1)C2. The summed E-state index contributed by atoms with van der Waals surface area (Å²) < 4.78 is 6.19. The van der Waals surface area contributed by atoms with E-state index >= 15 is 0 Å². The van der Waals surface area contributed by atoms with Crippen LogP contribution in [0.25, 0.3) is 11.1 Å². The van der Waals surface area contributed by atoms with Crippen LogP contribution >= 0.6 is 0 Å². The van der Waals surface area contributed by atoms with Gasteiger partial charge >= 0.3 is 0 Å². The van der Waals surface area contributed by atoms with Gasteiger partial charge in [0.2, 0.25) is 11.8 Å². The highest BCUT2D eigenvalue weighted by Crippen LogP contribution is 2.56. The maximum atomic E-state index is 12.8. The zero-order valence-electron chi connectivity index (χ0n) is 17.6. The molecule has 0 spiro atoms. The van der Waals surface area contributed by atoms with Crippen molar-refractivity contribution in [3.8, 4) is 0 Å². The number of amides is 1. The van der Waals surface area contributed by atoms with Crippen LogP contribution < -0.4 is 5.32 Å². The molecule has 1 aliphatic heterocycles. The molecular formula is C25H26N2O3. The van der Waals surface area contributed by atoms with Crippen LogP contribution in [0.4, 0.5) is 0 Å². The van der Waals surface area contributed by atoms with Crippen molar-refractivity contribution in [3.63, 3.8) is 0 Å². The summed E-state index contributed by atoms with van der Waals surface area (Å²) in [7, 11) is 0. The summed E-state index contributed by atoms with van der Waals surface area (Å²) in [6.07, 6.45) is 2.49. The molecule has 154 valence electrons. The number of nitrogens with zero attached hydrogens (tertiary/aromatic N) is 1. The number of aromatic nitrogens is 1. The first-order valence-electron chi connectivity index (χ1n) is 10.5. The standard InChI is InChI=1S/C25H26N2O3/c1-23-12-24(2,21(29)26-15-23)14-25(3,13-23)22-27-18-11-17(9-10-19(18)30-22)20(28)16-7-5-4-6-8-16/h4-11H,12-15H2,1-3H3,(H,26,29)/t23-,24-,25+/m0/s1. The number of hydrogen-bond donors (Lipinski definition) is 1. The number of carbonyl (C=O) groups excluding carboxylic acids is 2. The number of fused-ring (bicyclic) bond motifs is 3. The fourth-order valence-electron chi connectivity index (χ4n) is 5.96. The molecule has 1 amide bonds. The van der Waals surface area contributed by atoms with E-state index in [1.165, 1.54) is 0 Å². The van der Waals surface area contributed by atoms with E-state index < -0.39 is 5.41 Å². The number of piperidine rings is 1. The minimum Gasteiger partial charge on any atom is -0.440 e. The number of carbonyl (C=O) groups is 2. The average Bonchev–Trinajstić information content (AvgIpc) is 3.15. The molecule has 3 atom stereocenters. The molecule has 2 fully saturated rings. The lowest BCUT2D eigenvalue weighted by Gasteiger charge is -2.54. The predicted octanol–water partition coefficient (Wildman–Crippen LogP) is 4.64. The van der Waals surface area contributed by atoms with Gasteiger partial charge in [-0.25, -0.2) is 4.98 Å². The third-order valence-corrected chi connectivity index (χ3v) is 6.84. The fourth-order valence-corrected chi connectivity index (χ4v) is 5.96. The maximum Gasteiger partial charge on any atom is 0.226 e. The molecule has 1 N–H and O–H groups in total. The van der Waals surface area contributed by atoms with Crippen molar-refractivity contribution in [2.45, 2.75) is 45.4 Å². The number of nitrogens with one attached hydrogen (secondary N) is 1. The Hall–Kier alpha value is -2.95. The second kappa shape index (κ2) is 6.27. The largest absolute Gasteiger partial charge is 0.440 e. The molecular weight excluding hydrogens is 376 g/mol. The topological polar surface area (TPSA) is 72.2 Å². The Bertz CT molecular complexity index is 1170. The third-order valence-electron chi connectivity index (χ3n) is 6.84. The molecule has 30 heavy (non-hydrogen) atoms. The highest BCUT2D eigenvalue weighted by Gasteiger charge is 2.57. The molecule has 1 saturated heterocycles. The van der Waals surface area contributed by atoms with Crippen LogP contribution in [0.15, 0.2) is 52.9 Å². The minimum absolute atomic E-state index is 0.0186. The molecule has 1 saturated carbocycles. The van der Waals surface area contributed by atoms with Gasteiger partial charge in [0.05, 0.1) is 0 Å². The van der Waals surface area contributed by atoms with Crippen LogP contribution in [0.2, 0.25) is 0 Å². The number of benzene rings is 2. The van der Waals surface area contributed by atoms with Crippen molar-refractivity contribution in [2.75, 3.05) is 6.54 Å². The number of hydrogen-bond acceptors (Lipinski definition) is 4. The first kappa shape index (κ1) is 19.0. The molecule has 5 rings (SSSR count). The zero-order valence-corrected chi connectivity index (χ0v) is 17.6. The summed E-state index contributed by atoms with van der Waals surface area (Å²) in [4.78, 5) is 30.2. The molecule has 0 unspecified atom stereocenters. The van der Waals surface area contributed by atoms with E-state index in [1.54, 1.807) is 12.1 Å². The quantitative estimate of drug-likeness (QED) is 0.648. The second-order valence-electron chi connectivity index (χ2n) is 10.0. The summed E-state index contributed by atoms with van der Waals surface area (Å²) in [6.45, 7) is 7.13. The fraction of sp³-hybridized carbons (Fsp3) is 0.400. The molecule has 2 heterocycles. The monoisotopic (exact) mass is 402 g/mol. The molecule has 2 aromatic carbocycles. The molecule has 1 aliphatic carbocycles. The lowest BCUT2D eigenvalue weighted by atomic mass is 9.52. The van der Waals surface area contributed by atoms with Gasteiger partial charge in [0, 0.05) is 28.5 Å². The molecule has 0 radical (unpaired) electrons. The summed E-state index contributed by atoms with van der Waals surface area (Å²) in [5.41, 5.74) is 1.87. The van der Waals surface area contributed by atoms with E-state index in [2.05, 4.69) is 26.1 Å². The Morgan fingerprint density at radius 1 is 0.967 bits per heavy atom. The van der Waals surface area contributed by atoms with Crippen molar-refractivity contribution < 1.29 is 14.0 Å². The van der Waals surface area contributed by atoms with E-state index in [0.717, 1.165) is 12.8 Å². The van der Waals surface area contributed by atoms with Crippen LogP contribution in [-0.2, 0) is 10.2 Å². The number of oxazole rings is 1. The van der Waals surface area contributed by atoms with Gasteiger partial charge in [0.1, 0.15) is 5.52 Å².